The van der Waals surface area contributed by atoms with E-state index in [1.807, 2.05) is 13.0 Å². The monoisotopic (exact) mass is 335 g/mol. The second kappa shape index (κ2) is 6.23. The van der Waals surface area contributed by atoms with Gasteiger partial charge in [0, 0.05) is 12.6 Å². The van der Waals surface area contributed by atoms with Crippen molar-refractivity contribution in [2.24, 2.45) is 0 Å². The van der Waals surface area contributed by atoms with Gasteiger partial charge in [0.1, 0.15) is 17.0 Å². The van der Waals surface area contributed by atoms with Gasteiger partial charge in [-0.1, -0.05) is 0 Å². The van der Waals surface area contributed by atoms with Crippen molar-refractivity contribution in [2.45, 2.75) is 44.0 Å². The molecule has 6 nitrogen and oxygen atoms in total. The molecule has 0 spiro atoms. The molecule has 2 aromatic heterocycles. The van der Waals surface area contributed by atoms with Crippen molar-refractivity contribution < 1.29 is 12.8 Å². The predicted octanol–water partition coefficient (Wildman–Crippen LogP) is 3.16. The largest absolute Gasteiger partial charge is 0.471 e. The number of piperidine rings is 1. The molecule has 1 atom stereocenters. The van der Waals surface area contributed by atoms with Crippen LogP contribution in [0.1, 0.15) is 31.7 Å². The molecule has 7 heteroatoms. The van der Waals surface area contributed by atoms with Gasteiger partial charge in [0.2, 0.25) is 0 Å². The molecule has 0 radical (unpaired) electrons. The number of aryl methyl sites for hydroxylation is 1. The highest BCUT2D eigenvalue weighted by Gasteiger charge is 2.22. The number of hydrogen-bond donors (Lipinski definition) is 1. The predicted molar refractivity (Wildman–Crippen MR) is 89.1 cm³/mol. The van der Waals surface area contributed by atoms with E-state index in [0.29, 0.717) is 11.7 Å². The molecule has 3 rings (SSSR count). The number of pyridine rings is 1. The van der Waals surface area contributed by atoms with Crippen LogP contribution >= 0.6 is 0 Å². The quantitative estimate of drug-likeness (QED) is 0.929. The average molecular weight is 335 g/mol. The zero-order chi connectivity index (χ0) is 16.4. The number of furan rings is 1. The van der Waals surface area contributed by atoms with E-state index in [4.69, 9.17) is 4.42 Å². The van der Waals surface area contributed by atoms with Gasteiger partial charge < -0.3 is 9.32 Å². The van der Waals surface area contributed by atoms with E-state index in [9.17, 15) is 8.42 Å². The molecule has 1 saturated heterocycles. The summed E-state index contributed by atoms with van der Waals surface area (Å²) in [6.07, 6.45) is 7.68. The summed E-state index contributed by atoms with van der Waals surface area (Å²) in [6, 6.07) is 3.69. The van der Waals surface area contributed by atoms with Crippen molar-refractivity contribution >= 4 is 21.5 Å². The lowest BCUT2D eigenvalue weighted by molar-refractivity contribution is 0.480. The average Bonchev–Trinajstić information content (AvgIpc) is 3.03. The lowest BCUT2D eigenvalue weighted by Crippen LogP contribution is -2.38. The third-order valence-corrected chi connectivity index (χ3v) is 5.54. The fourth-order valence-electron chi connectivity index (χ4n) is 2.96. The van der Waals surface area contributed by atoms with Crippen LogP contribution in [0.2, 0.25) is 0 Å². The van der Waals surface area contributed by atoms with Crippen LogP contribution in [0.25, 0.3) is 0 Å². The summed E-state index contributed by atoms with van der Waals surface area (Å²) in [5.41, 5.74) is 1.42. The second-order valence-corrected chi connectivity index (χ2v) is 7.65. The van der Waals surface area contributed by atoms with Gasteiger partial charge in [-0.2, -0.15) is 0 Å². The van der Waals surface area contributed by atoms with Crippen LogP contribution in [-0.4, -0.2) is 26.0 Å². The van der Waals surface area contributed by atoms with E-state index >= 15 is 0 Å². The maximum atomic E-state index is 12.2. The highest BCUT2D eigenvalue weighted by Crippen LogP contribution is 2.27. The molecule has 124 valence electrons. The van der Waals surface area contributed by atoms with Gasteiger partial charge in [0.05, 0.1) is 18.1 Å². The molecule has 2 aromatic rings. The summed E-state index contributed by atoms with van der Waals surface area (Å²) in [4.78, 5) is 6.89. The Kier molecular flexibility index (Phi) is 4.30. The first-order valence-corrected chi connectivity index (χ1v) is 9.24. The SMILES string of the molecule is Cc1cc(NS(=O)(=O)c2ccoc2)cnc1N1CCCCC1C. The number of sulfonamides is 1. The highest BCUT2D eigenvalue weighted by molar-refractivity contribution is 7.92. The molecule has 1 aliphatic heterocycles. The molecule has 0 saturated carbocycles. The minimum absolute atomic E-state index is 0.101. The smallest absolute Gasteiger partial charge is 0.265 e. The van der Waals surface area contributed by atoms with Crippen LogP contribution in [0.3, 0.4) is 0 Å². The van der Waals surface area contributed by atoms with Gasteiger partial charge in [-0.05, 0) is 50.8 Å². The number of nitrogens with zero attached hydrogens (tertiary/aromatic N) is 2. The van der Waals surface area contributed by atoms with E-state index in [0.717, 1.165) is 24.3 Å². The van der Waals surface area contributed by atoms with Crippen LogP contribution in [0.4, 0.5) is 11.5 Å². The van der Waals surface area contributed by atoms with Gasteiger partial charge >= 0.3 is 0 Å². The molecule has 0 amide bonds. The Hall–Kier alpha value is -2.02. The van der Waals surface area contributed by atoms with Crippen molar-refractivity contribution in [2.75, 3.05) is 16.2 Å². The van der Waals surface area contributed by atoms with Crippen LogP contribution in [0.15, 0.2) is 40.2 Å². The van der Waals surface area contributed by atoms with Gasteiger partial charge in [0.15, 0.2) is 0 Å². The summed E-state index contributed by atoms with van der Waals surface area (Å²) < 4.78 is 31.8. The zero-order valence-corrected chi connectivity index (χ0v) is 14.1. The number of anilines is 2. The second-order valence-electron chi connectivity index (χ2n) is 5.97. The Morgan fingerprint density at radius 1 is 1.39 bits per heavy atom. The van der Waals surface area contributed by atoms with Crippen molar-refractivity contribution in [1.29, 1.82) is 0 Å². The van der Waals surface area contributed by atoms with E-state index in [2.05, 4.69) is 21.5 Å². The lowest BCUT2D eigenvalue weighted by atomic mass is 10.0. The zero-order valence-electron chi connectivity index (χ0n) is 13.3. The fraction of sp³-hybridized carbons (Fsp3) is 0.438. The molecular formula is C16H21N3O3S. The molecule has 23 heavy (non-hydrogen) atoms. The Labute approximate surface area is 136 Å². The molecule has 1 unspecified atom stereocenters. The molecular weight excluding hydrogens is 314 g/mol. The van der Waals surface area contributed by atoms with E-state index < -0.39 is 10.0 Å². The van der Waals surface area contributed by atoms with E-state index in [-0.39, 0.29) is 4.90 Å². The lowest BCUT2D eigenvalue weighted by Gasteiger charge is -2.35. The number of rotatable bonds is 4. The number of nitrogens with one attached hydrogen (secondary N) is 1. The highest BCUT2D eigenvalue weighted by atomic mass is 32.2. The van der Waals surface area contributed by atoms with Crippen LogP contribution in [-0.2, 0) is 10.0 Å². The van der Waals surface area contributed by atoms with Crippen LogP contribution < -0.4 is 9.62 Å². The third-order valence-electron chi connectivity index (χ3n) is 4.18. The third kappa shape index (κ3) is 3.34. The minimum atomic E-state index is -3.63. The van der Waals surface area contributed by atoms with Gasteiger partial charge in [-0.25, -0.2) is 13.4 Å². The van der Waals surface area contributed by atoms with E-state index in [1.54, 1.807) is 6.20 Å². The van der Waals surface area contributed by atoms with Crippen molar-refractivity contribution in [3.8, 4) is 0 Å². The summed E-state index contributed by atoms with van der Waals surface area (Å²) >= 11 is 0. The molecule has 1 aliphatic rings. The van der Waals surface area contributed by atoms with Crippen molar-refractivity contribution in [3.63, 3.8) is 0 Å². The Morgan fingerprint density at radius 2 is 2.22 bits per heavy atom. The van der Waals surface area contributed by atoms with Gasteiger partial charge in [-0.15, -0.1) is 0 Å². The summed E-state index contributed by atoms with van der Waals surface area (Å²) in [5.74, 6) is 0.934. The maximum absolute atomic E-state index is 12.2. The van der Waals surface area contributed by atoms with Crippen molar-refractivity contribution in [1.82, 2.24) is 4.98 Å². The first-order chi connectivity index (χ1) is 11.0. The Bertz CT molecular complexity index is 772. The van der Waals surface area contributed by atoms with Crippen molar-refractivity contribution in [3.05, 3.63) is 36.4 Å². The van der Waals surface area contributed by atoms with Gasteiger partial charge in [-0.3, -0.25) is 4.72 Å². The standard InChI is InChI=1S/C16H21N3O3S/c1-12-9-14(18-23(20,21)15-6-8-22-11-15)10-17-16(12)19-7-4-3-5-13(19)2/h6,8-11,13,18H,3-5,7H2,1-2H3. The molecule has 1 N–H and O–H groups in total. The fourth-order valence-corrected chi connectivity index (χ4v) is 3.91. The van der Waals surface area contributed by atoms with Crippen LogP contribution in [0.5, 0.6) is 0 Å². The summed E-state index contributed by atoms with van der Waals surface area (Å²) in [6.45, 7) is 5.16. The molecule has 3 heterocycles. The summed E-state index contributed by atoms with van der Waals surface area (Å²) in [5, 5.41) is 0. The number of aromatic nitrogens is 1. The molecule has 0 bridgehead atoms. The number of hydrogen-bond acceptors (Lipinski definition) is 5. The molecule has 0 aromatic carbocycles. The molecule has 0 aliphatic carbocycles. The topological polar surface area (TPSA) is 75.4 Å². The minimum Gasteiger partial charge on any atom is -0.471 e. The molecule has 1 fully saturated rings. The first kappa shape index (κ1) is 15.9. The Morgan fingerprint density at radius 3 is 2.87 bits per heavy atom. The van der Waals surface area contributed by atoms with Crippen LogP contribution in [0, 0.1) is 6.92 Å². The summed E-state index contributed by atoms with van der Waals surface area (Å²) in [7, 11) is -3.63. The first-order valence-electron chi connectivity index (χ1n) is 7.76. The normalized spacial score (nSPS) is 18.9. The maximum Gasteiger partial charge on any atom is 0.265 e. The van der Waals surface area contributed by atoms with Gasteiger partial charge in [0.25, 0.3) is 10.0 Å². The Balaban J connectivity index is 1.82. The van der Waals surface area contributed by atoms with E-state index in [1.165, 1.54) is 31.4 Å².